The Morgan fingerprint density at radius 3 is 3.06 bits per heavy atom. The van der Waals surface area contributed by atoms with Gasteiger partial charge in [-0.1, -0.05) is 6.07 Å². The van der Waals surface area contributed by atoms with Gasteiger partial charge >= 0.3 is 0 Å². The van der Waals surface area contributed by atoms with E-state index in [9.17, 15) is 4.39 Å². The Morgan fingerprint density at radius 2 is 2.38 bits per heavy atom. The fraction of sp³-hybridized carbons (Fsp3) is 0.500. The lowest BCUT2D eigenvalue weighted by Crippen LogP contribution is -2.40. The summed E-state index contributed by atoms with van der Waals surface area (Å²) in [7, 11) is 0. The largest absolute Gasteiger partial charge is 0.396 e. The molecule has 2 rings (SSSR count). The van der Waals surface area contributed by atoms with E-state index in [4.69, 9.17) is 10.5 Å². The number of nitrogens with zero attached hydrogens (tertiary/aromatic N) is 1. The van der Waals surface area contributed by atoms with E-state index in [0.29, 0.717) is 0 Å². The topological polar surface area (TPSA) is 38.5 Å². The first-order chi connectivity index (χ1) is 7.65. The predicted octanol–water partition coefficient (Wildman–Crippen LogP) is 1.63. The number of ether oxygens (including phenoxy) is 1. The molecule has 1 atom stereocenters. The standard InChI is InChI=1S/C12H17FN2O/c1-9-7-15(4-5-16-9)8-10-2-3-12(14)11(13)6-10/h2-3,6,9H,4-5,7-8,14H2,1H3. The maximum absolute atomic E-state index is 13.2. The average Bonchev–Trinajstić information content (AvgIpc) is 2.24. The number of rotatable bonds is 2. The zero-order valence-corrected chi connectivity index (χ0v) is 9.45. The first-order valence-electron chi connectivity index (χ1n) is 5.53. The molecule has 0 bridgehead atoms. The van der Waals surface area contributed by atoms with Crippen molar-refractivity contribution in [2.24, 2.45) is 0 Å². The molecule has 0 aliphatic carbocycles. The van der Waals surface area contributed by atoms with Crippen LogP contribution in [0, 0.1) is 5.82 Å². The maximum atomic E-state index is 13.2. The van der Waals surface area contributed by atoms with Gasteiger partial charge in [-0.05, 0) is 24.6 Å². The van der Waals surface area contributed by atoms with Crippen LogP contribution in [0.15, 0.2) is 18.2 Å². The molecule has 4 heteroatoms. The van der Waals surface area contributed by atoms with Crippen molar-refractivity contribution < 1.29 is 9.13 Å². The average molecular weight is 224 g/mol. The van der Waals surface area contributed by atoms with Gasteiger partial charge in [-0.3, -0.25) is 4.90 Å². The highest BCUT2D eigenvalue weighted by Crippen LogP contribution is 2.15. The summed E-state index contributed by atoms with van der Waals surface area (Å²) in [5, 5.41) is 0. The van der Waals surface area contributed by atoms with Crippen molar-refractivity contribution in [3.63, 3.8) is 0 Å². The van der Waals surface area contributed by atoms with E-state index < -0.39 is 0 Å². The quantitative estimate of drug-likeness (QED) is 0.776. The number of morpholine rings is 1. The number of benzene rings is 1. The third-order valence-electron chi connectivity index (χ3n) is 2.80. The minimum absolute atomic E-state index is 0.207. The summed E-state index contributed by atoms with van der Waals surface area (Å²) < 4.78 is 18.7. The van der Waals surface area contributed by atoms with Crippen LogP contribution in [0.2, 0.25) is 0 Å². The van der Waals surface area contributed by atoms with Crippen LogP contribution in [0.3, 0.4) is 0 Å². The number of hydrogen-bond donors (Lipinski definition) is 1. The number of nitrogen functional groups attached to an aromatic ring is 1. The van der Waals surface area contributed by atoms with Crippen molar-refractivity contribution in [2.75, 3.05) is 25.4 Å². The van der Waals surface area contributed by atoms with Crippen LogP contribution in [0.5, 0.6) is 0 Å². The molecule has 0 aromatic heterocycles. The van der Waals surface area contributed by atoms with Gasteiger partial charge in [0.15, 0.2) is 0 Å². The van der Waals surface area contributed by atoms with Crippen molar-refractivity contribution >= 4 is 5.69 Å². The Morgan fingerprint density at radius 1 is 1.56 bits per heavy atom. The molecule has 1 aliphatic rings. The molecule has 3 nitrogen and oxygen atoms in total. The Labute approximate surface area is 95.0 Å². The minimum atomic E-state index is -0.334. The van der Waals surface area contributed by atoms with Crippen LogP contribution in [0.25, 0.3) is 0 Å². The van der Waals surface area contributed by atoms with Crippen LogP contribution in [0.1, 0.15) is 12.5 Å². The molecule has 2 N–H and O–H groups in total. The van der Waals surface area contributed by atoms with E-state index in [1.54, 1.807) is 6.07 Å². The van der Waals surface area contributed by atoms with Crippen molar-refractivity contribution in [3.05, 3.63) is 29.6 Å². The number of anilines is 1. The van der Waals surface area contributed by atoms with Crippen molar-refractivity contribution in [3.8, 4) is 0 Å². The van der Waals surface area contributed by atoms with Crippen LogP contribution in [-0.2, 0) is 11.3 Å². The molecular weight excluding hydrogens is 207 g/mol. The van der Waals surface area contributed by atoms with Crippen molar-refractivity contribution in [1.29, 1.82) is 0 Å². The molecule has 1 heterocycles. The fourth-order valence-corrected chi connectivity index (χ4v) is 1.96. The third-order valence-corrected chi connectivity index (χ3v) is 2.80. The molecule has 1 aromatic carbocycles. The SMILES string of the molecule is CC1CN(Cc2ccc(N)c(F)c2)CCO1. The molecule has 0 spiro atoms. The Bertz CT molecular complexity index is 370. The van der Waals surface area contributed by atoms with E-state index in [0.717, 1.165) is 31.8 Å². The summed E-state index contributed by atoms with van der Waals surface area (Å²) in [6.45, 7) is 5.35. The van der Waals surface area contributed by atoms with Crippen molar-refractivity contribution in [2.45, 2.75) is 19.6 Å². The van der Waals surface area contributed by atoms with Gasteiger partial charge in [-0.15, -0.1) is 0 Å². The second kappa shape index (κ2) is 4.80. The lowest BCUT2D eigenvalue weighted by molar-refractivity contribution is -0.0212. The van der Waals surface area contributed by atoms with Gasteiger partial charge in [0.1, 0.15) is 5.82 Å². The molecular formula is C12H17FN2O. The summed E-state index contributed by atoms with van der Waals surface area (Å²) in [6.07, 6.45) is 0.257. The Kier molecular flexibility index (Phi) is 3.41. The highest BCUT2D eigenvalue weighted by Gasteiger charge is 2.16. The number of hydrogen-bond acceptors (Lipinski definition) is 3. The molecule has 0 amide bonds. The van der Waals surface area contributed by atoms with Crippen LogP contribution >= 0.6 is 0 Å². The van der Waals surface area contributed by atoms with Gasteiger partial charge in [0, 0.05) is 19.6 Å². The third kappa shape index (κ3) is 2.71. The molecule has 1 aromatic rings. The molecule has 1 saturated heterocycles. The Hall–Kier alpha value is -1.13. The molecule has 1 fully saturated rings. The van der Waals surface area contributed by atoms with E-state index >= 15 is 0 Å². The predicted molar refractivity (Wildman–Crippen MR) is 61.5 cm³/mol. The zero-order valence-electron chi connectivity index (χ0n) is 9.45. The number of nitrogens with two attached hydrogens (primary N) is 1. The molecule has 1 unspecified atom stereocenters. The molecule has 16 heavy (non-hydrogen) atoms. The number of halogens is 1. The summed E-state index contributed by atoms with van der Waals surface area (Å²) in [5.41, 5.74) is 6.60. The Balaban J connectivity index is 2.00. The molecule has 1 aliphatic heterocycles. The fourth-order valence-electron chi connectivity index (χ4n) is 1.96. The molecule has 0 radical (unpaired) electrons. The van der Waals surface area contributed by atoms with Crippen LogP contribution in [-0.4, -0.2) is 30.7 Å². The van der Waals surface area contributed by atoms with Gasteiger partial charge in [0.2, 0.25) is 0 Å². The summed E-state index contributed by atoms with van der Waals surface area (Å²) in [5.74, 6) is -0.334. The second-order valence-electron chi connectivity index (χ2n) is 4.27. The van der Waals surface area contributed by atoms with Gasteiger partial charge in [-0.2, -0.15) is 0 Å². The lowest BCUT2D eigenvalue weighted by Gasteiger charge is -2.31. The van der Waals surface area contributed by atoms with Crippen molar-refractivity contribution in [1.82, 2.24) is 4.90 Å². The van der Waals surface area contributed by atoms with E-state index in [-0.39, 0.29) is 17.6 Å². The van der Waals surface area contributed by atoms with E-state index in [1.165, 1.54) is 6.07 Å². The van der Waals surface area contributed by atoms with Gasteiger partial charge in [-0.25, -0.2) is 4.39 Å². The first-order valence-corrected chi connectivity index (χ1v) is 5.53. The summed E-state index contributed by atoms with van der Waals surface area (Å²) in [6, 6.07) is 5.00. The normalized spacial score (nSPS) is 22.2. The van der Waals surface area contributed by atoms with Gasteiger partial charge < -0.3 is 10.5 Å². The van der Waals surface area contributed by atoms with Gasteiger partial charge in [0.05, 0.1) is 18.4 Å². The van der Waals surface area contributed by atoms with Gasteiger partial charge in [0.25, 0.3) is 0 Å². The minimum Gasteiger partial charge on any atom is -0.396 e. The van der Waals surface area contributed by atoms with E-state index in [1.807, 2.05) is 6.07 Å². The lowest BCUT2D eigenvalue weighted by atomic mass is 10.1. The highest BCUT2D eigenvalue weighted by molar-refractivity contribution is 5.41. The second-order valence-corrected chi connectivity index (χ2v) is 4.27. The molecule has 88 valence electrons. The van der Waals surface area contributed by atoms with E-state index in [2.05, 4.69) is 11.8 Å². The smallest absolute Gasteiger partial charge is 0.146 e. The highest BCUT2D eigenvalue weighted by atomic mass is 19.1. The van der Waals surface area contributed by atoms with Crippen LogP contribution in [0.4, 0.5) is 10.1 Å². The summed E-state index contributed by atoms with van der Waals surface area (Å²) >= 11 is 0. The maximum Gasteiger partial charge on any atom is 0.146 e. The zero-order chi connectivity index (χ0) is 11.5. The monoisotopic (exact) mass is 224 g/mol. The van der Waals surface area contributed by atoms with Crippen LogP contribution < -0.4 is 5.73 Å². The summed E-state index contributed by atoms with van der Waals surface area (Å²) in [4.78, 5) is 2.26. The molecule has 0 saturated carbocycles. The first kappa shape index (κ1) is 11.4.